The van der Waals surface area contributed by atoms with Crippen LogP contribution in [0.2, 0.25) is 0 Å². The predicted octanol–water partition coefficient (Wildman–Crippen LogP) is 20.7. The van der Waals surface area contributed by atoms with Gasteiger partial charge in [0, 0.05) is 0 Å². The quantitative estimate of drug-likeness (QED) is 0.0609. The molecule has 0 aliphatic heterocycles. The van der Waals surface area contributed by atoms with Crippen LogP contribution in [0.4, 0.5) is 0 Å². The van der Waals surface area contributed by atoms with Crippen LogP contribution in [0.25, 0.3) is 0 Å². The molecular weight excluding hydrogens is 677 g/mol. The Kier molecular flexibility index (Phi) is 49.3. The van der Waals surface area contributed by atoms with E-state index in [1.54, 1.807) is 0 Å². The van der Waals surface area contributed by atoms with Crippen molar-refractivity contribution in [3.05, 3.63) is 0 Å². The maximum absolute atomic E-state index is 11.9. The number of aliphatic hydroxyl groups is 1. The molecule has 1 heteroatoms. The van der Waals surface area contributed by atoms with Gasteiger partial charge in [-0.1, -0.05) is 329 Å². The molecule has 56 heavy (non-hydrogen) atoms. The van der Waals surface area contributed by atoms with Crippen LogP contribution in [0.15, 0.2) is 0 Å². The summed E-state index contributed by atoms with van der Waals surface area (Å²) in [5, 5.41) is 11.9. The lowest BCUT2D eigenvalue weighted by molar-refractivity contribution is 0.00704. The number of hydrogen-bond donors (Lipinski definition) is 1. The van der Waals surface area contributed by atoms with Gasteiger partial charge in [-0.2, -0.15) is 0 Å². The van der Waals surface area contributed by atoms with Crippen LogP contribution in [-0.2, 0) is 0 Å². The maximum Gasteiger partial charge on any atom is 0.0647 e. The first-order valence-electron chi connectivity index (χ1n) is 27.4. The smallest absolute Gasteiger partial charge is 0.0647 e. The first kappa shape index (κ1) is 56.0. The van der Waals surface area contributed by atoms with Crippen LogP contribution in [0.5, 0.6) is 0 Å². The molecule has 338 valence electrons. The molecule has 0 fully saturated rings. The zero-order chi connectivity index (χ0) is 40.6. The van der Waals surface area contributed by atoms with Crippen molar-refractivity contribution in [1.82, 2.24) is 0 Å². The highest BCUT2D eigenvalue weighted by molar-refractivity contribution is 4.79. The molecule has 0 amide bonds. The Balaban J connectivity index is 4.08. The van der Waals surface area contributed by atoms with Gasteiger partial charge in [0.15, 0.2) is 0 Å². The molecule has 0 aliphatic carbocycles. The third-order valence-corrected chi connectivity index (χ3v) is 13.5. The predicted molar refractivity (Wildman–Crippen MR) is 257 cm³/mol. The lowest BCUT2D eigenvalue weighted by Gasteiger charge is -2.29. The second kappa shape index (κ2) is 49.3. The zero-order valence-corrected chi connectivity index (χ0v) is 40.0. The van der Waals surface area contributed by atoms with Crippen molar-refractivity contribution in [2.75, 3.05) is 0 Å². The Morgan fingerprint density at radius 3 is 0.411 bits per heavy atom. The Bertz CT molecular complexity index is 582. The second-order valence-electron chi connectivity index (χ2n) is 19.4. The first-order valence-corrected chi connectivity index (χ1v) is 27.4. The first-order chi connectivity index (χ1) is 27.7. The fraction of sp³-hybridized carbons (Fsp3) is 1.00. The van der Waals surface area contributed by atoms with E-state index in [4.69, 9.17) is 0 Å². The third-order valence-electron chi connectivity index (χ3n) is 13.5. The summed E-state index contributed by atoms with van der Waals surface area (Å²) in [6.07, 6.45) is 71.3. The molecule has 0 radical (unpaired) electrons. The van der Waals surface area contributed by atoms with E-state index in [9.17, 15) is 5.11 Å². The van der Waals surface area contributed by atoms with E-state index < -0.39 is 0 Å². The monoisotopic (exact) mass is 789 g/mol. The molecule has 0 aromatic heterocycles. The summed E-state index contributed by atoms with van der Waals surface area (Å²) in [4.78, 5) is 0. The van der Waals surface area contributed by atoms with Gasteiger partial charge in [0.05, 0.1) is 5.60 Å². The molecule has 0 aromatic rings. The van der Waals surface area contributed by atoms with Crippen LogP contribution in [-0.4, -0.2) is 10.7 Å². The van der Waals surface area contributed by atoms with Crippen molar-refractivity contribution in [2.24, 2.45) is 0 Å². The van der Waals surface area contributed by atoms with Gasteiger partial charge in [-0.25, -0.2) is 0 Å². The maximum atomic E-state index is 11.9. The molecule has 0 spiro atoms. The number of hydrogen-bond acceptors (Lipinski definition) is 1. The summed E-state index contributed by atoms with van der Waals surface area (Å²) in [6.45, 7) is 6.93. The second-order valence-corrected chi connectivity index (χ2v) is 19.4. The van der Waals surface area contributed by atoms with E-state index in [2.05, 4.69) is 20.8 Å². The highest BCUT2D eigenvalue weighted by atomic mass is 16.3. The van der Waals surface area contributed by atoms with Gasteiger partial charge in [0.1, 0.15) is 0 Å². The van der Waals surface area contributed by atoms with Gasteiger partial charge in [0.2, 0.25) is 0 Å². The molecule has 0 saturated carbocycles. The molecule has 0 atom stereocenters. The minimum atomic E-state index is -0.387. The van der Waals surface area contributed by atoms with Crippen molar-refractivity contribution >= 4 is 0 Å². The summed E-state index contributed by atoms with van der Waals surface area (Å²) in [5.74, 6) is 0. The average Bonchev–Trinajstić information content (AvgIpc) is 3.20. The Morgan fingerprint density at radius 2 is 0.286 bits per heavy atom. The van der Waals surface area contributed by atoms with Crippen molar-refractivity contribution < 1.29 is 5.11 Å². The fourth-order valence-electron chi connectivity index (χ4n) is 9.38. The normalized spacial score (nSPS) is 12.0. The molecule has 0 bridgehead atoms. The minimum Gasteiger partial charge on any atom is -0.390 e. The fourth-order valence-corrected chi connectivity index (χ4v) is 9.38. The Morgan fingerprint density at radius 1 is 0.179 bits per heavy atom. The highest BCUT2D eigenvalue weighted by Gasteiger charge is 2.25. The van der Waals surface area contributed by atoms with Gasteiger partial charge in [-0.15, -0.1) is 0 Å². The van der Waals surface area contributed by atoms with E-state index >= 15 is 0 Å². The number of rotatable bonds is 51. The van der Waals surface area contributed by atoms with Crippen LogP contribution in [0.3, 0.4) is 0 Å². The number of unbranched alkanes of at least 4 members (excludes halogenated alkanes) is 45. The summed E-state index contributed by atoms with van der Waals surface area (Å²) in [6, 6.07) is 0. The zero-order valence-electron chi connectivity index (χ0n) is 40.0. The van der Waals surface area contributed by atoms with Crippen LogP contribution >= 0.6 is 0 Å². The Hall–Kier alpha value is -0.0400. The van der Waals surface area contributed by atoms with E-state index in [1.807, 2.05) is 0 Å². The van der Waals surface area contributed by atoms with Crippen molar-refractivity contribution in [3.8, 4) is 0 Å². The van der Waals surface area contributed by atoms with Crippen molar-refractivity contribution in [3.63, 3.8) is 0 Å². The van der Waals surface area contributed by atoms with Crippen molar-refractivity contribution in [2.45, 2.75) is 354 Å². The Labute approximate surface area is 357 Å². The van der Waals surface area contributed by atoms with Crippen LogP contribution < -0.4 is 0 Å². The topological polar surface area (TPSA) is 20.2 Å². The molecule has 0 aliphatic rings. The highest BCUT2D eigenvalue weighted by Crippen LogP contribution is 2.29. The SMILES string of the molecule is CCCCCCCCCCCCCCCCCCC(O)(CCCCCCCCCCCCCCCCCC)CCCCCCCCCCCCCCCCCC. The molecule has 0 unspecified atom stereocenters. The standard InChI is InChI=1S/C55H112O/c1-4-7-10-13-16-19-22-25-28-31-34-37-40-43-46-49-52-55(56,53-50-47-44-41-38-35-32-29-26-23-20-17-14-11-8-5-2)54-51-48-45-42-39-36-33-30-27-24-21-18-15-12-9-6-3/h56H,4-54H2,1-3H3. The minimum absolute atomic E-state index is 0.387. The van der Waals surface area contributed by atoms with Crippen LogP contribution in [0.1, 0.15) is 348 Å². The van der Waals surface area contributed by atoms with Crippen LogP contribution in [0, 0.1) is 0 Å². The summed E-state index contributed by atoms with van der Waals surface area (Å²) in [5.41, 5.74) is -0.387. The van der Waals surface area contributed by atoms with E-state index in [1.165, 1.54) is 308 Å². The molecule has 1 nitrogen and oxygen atoms in total. The summed E-state index contributed by atoms with van der Waals surface area (Å²) < 4.78 is 0. The van der Waals surface area contributed by atoms with E-state index in [-0.39, 0.29) is 5.60 Å². The van der Waals surface area contributed by atoms with Gasteiger partial charge in [-0.05, 0) is 19.3 Å². The summed E-state index contributed by atoms with van der Waals surface area (Å²) in [7, 11) is 0. The van der Waals surface area contributed by atoms with Crippen molar-refractivity contribution in [1.29, 1.82) is 0 Å². The molecular formula is C55H112O. The lowest BCUT2D eigenvalue weighted by atomic mass is 9.85. The van der Waals surface area contributed by atoms with Gasteiger partial charge in [-0.3, -0.25) is 0 Å². The van der Waals surface area contributed by atoms with E-state index in [0.717, 1.165) is 19.3 Å². The van der Waals surface area contributed by atoms with Gasteiger partial charge < -0.3 is 5.11 Å². The van der Waals surface area contributed by atoms with Gasteiger partial charge >= 0.3 is 0 Å². The molecule has 0 aromatic carbocycles. The largest absolute Gasteiger partial charge is 0.390 e. The summed E-state index contributed by atoms with van der Waals surface area (Å²) >= 11 is 0. The molecule has 1 N–H and O–H groups in total. The van der Waals surface area contributed by atoms with E-state index in [0.29, 0.717) is 0 Å². The molecule has 0 heterocycles. The molecule has 0 rings (SSSR count). The molecule has 0 saturated heterocycles. The van der Waals surface area contributed by atoms with Gasteiger partial charge in [0.25, 0.3) is 0 Å². The lowest BCUT2D eigenvalue weighted by Crippen LogP contribution is -2.28. The average molecular weight is 789 g/mol. The third kappa shape index (κ3) is 46.6.